The lowest BCUT2D eigenvalue weighted by molar-refractivity contribution is 0.0672. The average molecular weight is 446 g/mol. The zero-order valence-electron chi connectivity index (χ0n) is 18.6. The Hall–Kier alpha value is -3.33. The molecule has 0 saturated carbocycles. The highest BCUT2D eigenvalue weighted by molar-refractivity contribution is 5.77. The van der Waals surface area contributed by atoms with Crippen LogP contribution in [-0.4, -0.2) is 63.0 Å². The molecule has 0 bridgehead atoms. The summed E-state index contributed by atoms with van der Waals surface area (Å²) in [6.07, 6.45) is -0.470. The van der Waals surface area contributed by atoms with Gasteiger partial charge in [0.25, 0.3) is 5.89 Å². The normalized spacial score (nSPS) is 16.2. The van der Waals surface area contributed by atoms with Gasteiger partial charge in [-0.3, -0.25) is 9.80 Å². The molecule has 2 aromatic heterocycles. The maximum atomic E-state index is 10.5. The Morgan fingerprint density at radius 3 is 2.30 bits per heavy atom. The third-order valence-corrected chi connectivity index (χ3v) is 6.03. The van der Waals surface area contributed by atoms with Gasteiger partial charge in [-0.25, -0.2) is 0 Å². The van der Waals surface area contributed by atoms with E-state index in [2.05, 4.69) is 25.2 Å². The Morgan fingerprint density at radius 1 is 0.909 bits per heavy atom. The molecule has 8 heteroatoms. The number of rotatable bonds is 7. The van der Waals surface area contributed by atoms with Crippen LogP contribution >= 0.6 is 0 Å². The van der Waals surface area contributed by atoms with Gasteiger partial charge in [0, 0.05) is 38.3 Å². The molecule has 2 aromatic carbocycles. The van der Waals surface area contributed by atoms with Gasteiger partial charge in [0.15, 0.2) is 0 Å². The van der Waals surface area contributed by atoms with Crippen molar-refractivity contribution in [1.29, 1.82) is 0 Å². The Balaban J connectivity index is 1.20. The molecule has 0 aliphatic carbocycles. The highest BCUT2D eigenvalue weighted by atomic mass is 16.5. The van der Waals surface area contributed by atoms with Crippen LogP contribution in [0.1, 0.15) is 23.3 Å². The smallest absolute Gasteiger partial charge is 0.253 e. The van der Waals surface area contributed by atoms with Crippen LogP contribution in [0.4, 0.5) is 0 Å². The van der Waals surface area contributed by atoms with Crippen molar-refractivity contribution in [2.24, 2.45) is 0 Å². The molecule has 1 atom stereocenters. The van der Waals surface area contributed by atoms with Crippen LogP contribution in [0.5, 0.6) is 0 Å². The summed E-state index contributed by atoms with van der Waals surface area (Å²) in [5, 5.41) is 23.2. The summed E-state index contributed by atoms with van der Waals surface area (Å²) in [4.78, 5) is 4.58. The molecule has 8 nitrogen and oxygen atoms in total. The standard InChI is InChI=1S/C25H27N5O3/c1-18-23(24(28-33-18)20-10-6-3-7-11-20)25-27-26-22(32-25)17-30-14-12-29(13-15-30)16-21(31)19-8-4-2-5-9-19/h2-11,21,31H,12-17H2,1H3. The quantitative estimate of drug-likeness (QED) is 0.462. The molecule has 3 heterocycles. The molecule has 5 rings (SSSR count). The van der Waals surface area contributed by atoms with Gasteiger partial charge in [-0.2, -0.15) is 0 Å². The maximum Gasteiger partial charge on any atom is 0.253 e. The molecule has 0 amide bonds. The Morgan fingerprint density at radius 2 is 1.58 bits per heavy atom. The van der Waals surface area contributed by atoms with Crippen molar-refractivity contribution in [3.05, 3.63) is 77.9 Å². The fourth-order valence-electron chi connectivity index (χ4n) is 4.18. The van der Waals surface area contributed by atoms with Crippen LogP contribution in [-0.2, 0) is 6.54 Å². The summed E-state index contributed by atoms with van der Waals surface area (Å²) >= 11 is 0. The van der Waals surface area contributed by atoms with Gasteiger partial charge in [0.2, 0.25) is 5.89 Å². The van der Waals surface area contributed by atoms with E-state index in [9.17, 15) is 5.11 Å². The first-order chi connectivity index (χ1) is 16.2. The summed E-state index contributed by atoms with van der Waals surface area (Å²) in [5.74, 6) is 1.64. The molecule has 0 spiro atoms. The van der Waals surface area contributed by atoms with Crippen molar-refractivity contribution in [3.63, 3.8) is 0 Å². The van der Waals surface area contributed by atoms with Crippen LogP contribution in [0, 0.1) is 6.92 Å². The lowest BCUT2D eigenvalue weighted by Gasteiger charge is -2.34. The van der Waals surface area contributed by atoms with Gasteiger partial charge in [-0.05, 0) is 12.5 Å². The number of β-amino-alcohol motifs (C(OH)–C–C–N with tert-alkyl or cyclic N) is 1. The fourth-order valence-corrected chi connectivity index (χ4v) is 4.18. The first kappa shape index (κ1) is 21.5. The lowest BCUT2D eigenvalue weighted by Crippen LogP contribution is -2.47. The summed E-state index contributed by atoms with van der Waals surface area (Å²) < 4.78 is 11.4. The van der Waals surface area contributed by atoms with Crippen LogP contribution in [0.2, 0.25) is 0 Å². The van der Waals surface area contributed by atoms with Crippen LogP contribution in [0.3, 0.4) is 0 Å². The van der Waals surface area contributed by atoms with Crippen molar-refractivity contribution in [2.75, 3.05) is 32.7 Å². The zero-order chi connectivity index (χ0) is 22.6. The second kappa shape index (κ2) is 9.66. The van der Waals surface area contributed by atoms with E-state index in [1.807, 2.05) is 67.6 Å². The maximum absolute atomic E-state index is 10.5. The number of benzene rings is 2. The monoisotopic (exact) mass is 445 g/mol. The van der Waals surface area contributed by atoms with Gasteiger partial charge in [0.05, 0.1) is 12.6 Å². The number of nitrogens with zero attached hydrogens (tertiary/aromatic N) is 5. The largest absolute Gasteiger partial charge is 0.419 e. The SMILES string of the molecule is Cc1onc(-c2ccccc2)c1-c1nnc(CN2CCN(CC(O)c3ccccc3)CC2)o1. The number of piperazine rings is 1. The highest BCUT2D eigenvalue weighted by Crippen LogP contribution is 2.33. The first-order valence-corrected chi connectivity index (χ1v) is 11.2. The average Bonchev–Trinajstić information content (AvgIpc) is 3.47. The summed E-state index contributed by atoms with van der Waals surface area (Å²) in [7, 11) is 0. The number of aliphatic hydroxyl groups is 1. The predicted octanol–water partition coefficient (Wildman–Crippen LogP) is 3.55. The van der Waals surface area contributed by atoms with Crippen molar-refractivity contribution in [2.45, 2.75) is 19.6 Å². The van der Waals surface area contributed by atoms with Gasteiger partial charge in [-0.15, -0.1) is 10.2 Å². The van der Waals surface area contributed by atoms with E-state index in [-0.39, 0.29) is 0 Å². The van der Waals surface area contributed by atoms with E-state index >= 15 is 0 Å². The second-order valence-corrected chi connectivity index (χ2v) is 8.33. The first-order valence-electron chi connectivity index (χ1n) is 11.2. The van der Waals surface area contributed by atoms with E-state index in [0.717, 1.165) is 42.9 Å². The minimum absolute atomic E-state index is 0.423. The molecule has 33 heavy (non-hydrogen) atoms. The third kappa shape index (κ3) is 4.88. The molecule has 1 aliphatic rings. The molecule has 1 fully saturated rings. The van der Waals surface area contributed by atoms with Crippen molar-refractivity contribution < 1.29 is 14.0 Å². The molecule has 0 radical (unpaired) electrons. The Bertz CT molecular complexity index is 1170. The van der Waals surface area contributed by atoms with Crippen molar-refractivity contribution >= 4 is 0 Å². The summed E-state index contributed by atoms with van der Waals surface area (Å²) in [6, 6.07) is 19.6. The minimum atomic E-state index is -0.470. The Labute approximate surface area is 192 Å². The lowest BCUT2D eigenvalue weighted by atomic mass is 10.1. The fraction of sp³-hybridized carbons (Fsp3) is 0.320. The molecule has 1 unspecified atom stereocenters. The van der Waals surface area contributed by atoms with E-state index in [0.29, 0.717) is 36.3 Å². The number of hydrogen-bond donors (Lipinski definition) is 1. The van der Waals surface area contributed by atoms with E-state index < -0.39 is 6.10 Å². The Kier molecular flexibility index (Phi) is 6.30. The van der Waals surface area contributed by atoms with Crippen molar-refractivity contribution in [3.8, 4) is 22.7 Å². The summed E-state index contributed by atoms with van der Waals surface area (Å²) in [5.41, 5.74) is 3.34. The molecule has 1 aliphatic heterocycles. The molecule has 4 aromatic rings. The zero-order valence-corrected chi connectivity index (χ0v) is 18.6. The number of aliphatic hydroxyl groups excluding tert-OH is 1. The van der Waals surface area contributed by atoms with E-state index in [1.165, 1.54) is 0 Å². The van der Waals surface area contributed by atoms with Gasteiger partial charge < -0.3 is 14.0 Å². The predicted molar refractivity (Wildman–Crippen MR) is 123 cm³/mol. The van der Waals surface area contributed by atoms with Gasteiger partial charge in [-0.1, -0.05) is 65.8 Å². The van der Waals surface area contributed by atoms with Crippen molar-refractivity contribution in [1.82, 2.24) is 25.2 Å². The summed E-state index contributed by atoms with van der Waals surface area (Å²) in [6.45, 7) is 6.59. The number of aromatic nitrogens is 3. The van der Waals surface area contributed by atoms with E-state index in [4.69, 9.17) is 8.94 Å². The minimum Gasteiger partial charge on any atom is -0.419 e. The topological polar surface area (TPSA) is 91.7 Å². The van der Waals surface area contributed by atoms with Crippen LogP contribution in [0.25, 0.3) is 22.7 Å². The number of aryl methyl sites for hydroxylation is 1. The molecular formula is C25H27N5O3. The third-order valence-electron chi connectivity index (χ3n) is 6.03. The van der Waals surface area contributed by atoms with E-state index in [1.54, 1.807) is 0 Å². The molecule has 1 N–H and O–H groups in total. The van der Waals surface area contributed by atoms with Gasteiger partial charge >= 0.3 is 0 Å². The molecule has 1 saturated heterocycles. The second-order valence-electron chi connectivity index (χ2n) is 8.33. The number of hydrogen-bond acceptors (Lipinski definition) is 8. The van der Waals surface area contributed by atoms with Crippen LogP contribution in [0.15, 0.2) is 69.6 Å². The molecule has 170 valence electrons. The van der Waals surface area contributed by atoms with Gasteiger partial charge in [0.1, 0.15) is 17.0 Å². The molecular weight excluding hydrogens is 418 g/mol. The van der Waals surface area contributed by atoms with Crippen LogP contribution < -0.4 is 0 Å². The highest BCUT2D eigenvalue weighted by Gasteiger charge is 2.24.